The molecule has 0 spiro atoms. The fraction of sp³-hybridized carbons (Fsp3) is 0.296. The summed E-state index contributed by atoms with van der Waals surface area (Å²) in [5, 5.41) is 1.31. The summed E-state index contributed by atoms with van der Waals surface area (Å²) < 4.78 is 2.43. The van der Waals surface area contributed by atoms with Crippen LogP contribution in [0.5, 0.6) is 0 Å². The van der Waals surface area contributed by atoms with E-state index in [-0.39, 0.29) is 0 Å². The van der Waals surface area contributed by atoms with E-state index < -0.39 is 0 Å². The molecule has 1 saturated heterocycles. The van der Waals surface area contributed by atoms with Crippen molar-refractivity contribution in [3.8, 4) is 22.3 Å². The molecule has 0 unspecified atom stereocenters. The first-order chi connectivity index (χ1) is 14.9. The quantitative estimate of drug-likeness (QED) is 0.385. The molecular formula is C27H29N3. The van der Waals surface area contributed by atoms with Crippen LogP contribution >= 0.6 is 0 Å². The first-order valence-electron chi connectivity index (χ1n) is 11.2. The van der Waals surface area contributed by atoms with Crippen molar-refractivity contribution in [3.63, 3.8) is 0 Å². The Bertz CT molecular complexity index is 1110. The molecule has 1 aliphatic heterocycles. The van der Waals surface area contributed by atoms with Gasteiger partial charge in [0, 0.05) is 52.7 Å². The van der Waals surface area contributed by atoms with Gasteiger partial charge in [0.15, 0.2) is 0 Å². The second-order valence-corrected chi connectivity index (χ2v) is 8.34. The van der Waals surface area contributed by atoms with E-state index in [2.05, 4.69) is 81.3 Å². The highest BCUT2D eigenvalue weighted by molar-refractivity contribution is 5.96. The van der Waals surface area contributed by atoms with E-state index in [0.29, 0.717) is 0 Å². The van der Waals surface area contributed by atoms with Crippen LogP contribution in [0.2, 0.25) is 0 Å². The lowest BCUT2D eigenvalue weighted by molar-refractivity contribution is 0.223. The Morgan fingerprint density at radius 2 is 1.50 bits per heavy atom. The second kappa shape index (κ2) is 8.85. The lowest BCUT2D eigenvalue weighted by Gasteiger charge is -2.26. The molecule has 5 rings (SSSR count). The van der Waals surface area contributed by atoms with Gasteiger partial charge in [-0.2, -0.15) is 0 Å². The van der Waals surface area contributed by atoms with Crippen molar-refractivity contribution in [1.82, 2.24) is 14.5 Å². The topological polar surface area (TPSA) is 21.1 Å². The summed E-state index contributed by atoms with van der Waals surface area (Å²) in [6.07, 6.45) is 11.6. The van der Waals surface area contributed by atoms with Crippen molar-refractivity contribution < 1.29 is 0 Å². The Labute approximate surface area is 179 Å². The van der Waals surface area contributed by atoms with Crippen LogP contribution in [0, 0.1) is 0 Å². The van der Waals surface area contributed by atoms with Crippen LogP contribution in [0.4, 0.5) is 0 Å². The van der Waals surface area contributed by atoms with Gasteiger partial charge < -0.3 is 9.47 Å². The molecule has 1 fully saturated rings. The largest absolute Gasteiger partial charge is 0.347 e. The minimum atomic E-state index is 1.06. The second-order valence-electron chi connectivity index (χ2n) is 8.34. The van der Waals surface area contributed by atoms with Crippen molar-refractivity contribution in [1.29, 1.82) is 0 Å². The van der Waals surface area contributed by atoms with Crippen molar-refractivity contribution in [2.45, 2.75) is 32.2 Å². The van der Waals surface area contributed by atoms with E-state index in [0.717, 1.165) is 12.1 Å². The third kappa shape index (κ3) is 4.03. The summed E-state index contributed by atoms with van der Waals surface area (Å²) in [4.78, 5) is 7.19. The van der Waals surface area contributed by atoms with E-state index >= 15 is 0 Å². The summed E-state index contributed by atoms with van der Waals surface area (Å²) in [5.74, 6) is 0. The first kappa shape index (κ1) is 19.1. The number of hydrogen-bond acceptors (Lipinski definition) is 2. The van der Waals surface area contributed by atoms with Crippen molar-refractivity contribution in [2.24, 2.45) is 0 Å². The van der Waals surface area contributed by atoms with Crippen molar-refractivity contribution in [3.05, 3.63) is 79.3 Å². The molecule has 3 heterocycles. The molecule has 0 bridgehead atoms. The molecule has 0 N–H and O–H groups in total. The Kier molecular flexibility index (Phi) is 5.62. The summed E-state index contributed by atoms with van der Waals surface area (Å²) >= 11 is 0. The van der Waals surface area contributed by atoms with Gasteiger partial charge >= 0.3 is 0 Å². The maximum atomic E-state index is 4.56. The van der Waals surface area contributed by atoms with Crippen LogP contribution in [0.3, 0.4) is 0 Å². The smallest absolute Gasteiger partial charge is 0.0486 e. The van der Waals surface area contributed by atoms with Crippen molar-refractivity contribution >= 4 is 10.9 Å². The Morgan fingerprint density at radius 1 is 0.733 bits per heavy atom. The first-order valence-corrected chi connectivity index (χ1v) is 11.2. The zero-order chi connectivity index (χ0) is 20.2. The van der Waals surface area contributed by atoms with Crippen LogP contribution in [0.1, 0.15) is 25.7 Å². The summed E-state index contributed by atoms with van der Waals surface area (Å²) in [7, 11) is 0. The van der Waals surface area contributed by atoms with Crippen LogP contribution in [0.25, 0.3) is 33.2 Å². The fourth-order valence-electron chi connectivity index (χ4n) is 4.69. The molecule has 4 aromatic rings. The summed E-state index contributed by atoms with van der Waals surface area (Å²) in [6.45, 7) is 4.81. The van der Waals surface area contributed by atoms with E-state index in [1.54, 1.807) is 0 Å². The van der Waals surface area contributed by atoms with Gasteiger partial charge in [0.05, 0.1) is 0 Å². The van der Waals surface area contributed by atoms with E-state index in [1.165, 1.54) is 72.9 Å². The standard InChI is InChI=1S/C27H29N3/c1-3-10-22(11-4-1)23-18-24(20-28-19-23)26-21-30(27-13-6-5-12-25(26)27)17-9-16-29-14-7-2-8-15-29/h1,3-6,10-13,18-21H,2,7-9,14-17H2. The molecule has 152 valence electrons. The molecular weight excluding hydrogens is 366 g/mol. The highest BCUT2D eigenvalue weighted by Crippen LogP contribution is 2.32. The molecule has 2 aromatic carbocycles. The SMILES string of the molecule is c1ccc(-c2cncc(-c3cn(CCCN4CCCCC4)c4ccccc34)c2)cc1. The number of fused-ring (bicyclic) bond motifs is 1. The van der Waals surface area contributed by atoms with Gasteiger partial charge in [-0.15, -0.1) is 0 Å². The number of likely N-dealkylation sites (tertiary alicyclic amines) is 1. The number of aryl methyl sites for hydroxylation is 1. The number of para-hydroxylation sites is 1. The molecule has 0 aliphatic carbocycles. The molecule has 3 nitrogen and oxygen atoms in total. The monoisotopic (exact) mass is 395 g/mol. The van der Waals surface area contributed by atoms with Gasteiger partial charge in [-0.05, 0) is 56.6 Å². The molecule has 0 amide bonds. The highest BCUT2D eigenvalue weighted by Gasteiger charge is 2.13. The van der Waals surface area contributed by atoms with E-state index in [1.807, 2.05) is 12.4 Å². The molecule has 30 heavy (non-hydrogen) atoms. The van der Waals surface area contributed by atoms with Crippen molar-refractivity contribution in [2.75, 3.05) is 19.6 Å². The Morgan fingerprint density at radius 3 is 2.37 bits per heavy atom. The maximum Gasteiger partial charge on any atom is 0.0486 e. The molecule has 3 heteroatoms. The minimum absolute atomic E-state index is 1.06. The number of hydrogen-bond donors (Lipinski definition) is 0. The van der Waals surface area contributed by atoms with Crippen LogP contribution in [-0.2, 0) is 6.54 Å². The maximum absolute atomic E-state index is 4.56. The van der Waals surface area contributed by atoms with Crippen LogP contribution in [-0.4, -0.2) is 34.1 Å². The zero-order valence-electron chi connectivity index (χ0n) is 17.5. The zero-order valence-corrected chi connectivity index (χ0v) is 17.5. The number of pyridine rings is 1. The van der Waals surface area contributed by atoms with E-state index in [4.69, 9.17) is 0 Å². The molecule has 2 aromatic heterocycles. The van der Waals surface area contributed by atoms with Gasteiger partial charge in [-0.25, -0.2) is 0 Å². The lowest BCUT2D eigenvalue weighted by atomic mass is 10.0. The number of aromatic nitrogens is 2. The summed E-state index contributed by atoms with van der Waals surface area (Å²) in [5.41, 5.74) is 6.14. The Hall–Kier alpha value is -2.91. The average Bonchev–Trinajstić information content (AvgIpc) is 3.19. The number of nitrogens with zero attached hydrogens (tertiary/aromatic N) is 3. The predicted octanol–water partition coefficient (Wildman–Crippen LogP) is 6.25. The Balaban J connectivity index is 1.42. The van der Waals surface area contributed by atoms with Gasteiger partial charge in [0.25, 0.3) is 0 Å². The molecule has 0 saturated carbocycles. The van der Waals surface area contributed by atoms with E-state index in [9.17, 15) is 0 Å². The highest BCUT2D eigenvalue weighted by atomic mass is 15.1. The number of benzene rings is 2. The van der Waals surface area contributed by atoms with Gasteiger partial charge in [-0.1, -0.05) is 55.0 Å². The molecule has 1 aliphatic rings. The predicted molar refractivity (Wildman–Crippen MR) is 126 cm³/mol. The summed E-state index contributed by atoms with van der Waals surface area (Å²) in [6, 6.07) is 21.5. The van der Waals surface area contributed by atoms with Gasteiger partial charge in [-0.3, -0.25) is 4.98 Å². The lowest BCUT2D eigenvalue weighted by Crippen LogP contribution is -2.31. The van der Waals surface area contributed by atoms with Crippen LogP contribution < -0.4 is 0 Å². The third-order valence-electron chi connectivity index (χ3n) is 6.27. The molecule has 0 radical (unpaired) electrons. The molecule has 0 atom stereocenters. The normalized spacial score (nSPS) is 14.9. The van der Waals surface area contributed by atoms with Gasteiger partial charge in [0.1, 0.15) is 0 Å². The van der Waals surface area contributed by atoms with Gasteiger partial charge in [0.2, 0.25) is 0 Å². The fourth-order valence-corrected chi connectivity index (χ4v) is 4.69. The number of rotatable bonds is 6. The third-order valence-corrected chi connectivity index (χ3v) is 6.27. The van der Waals surface area contributed by atoms with Crippen LogP contribution in [0.15, 0.2) is 79.3 Å². The minimum Gasteiger partial charge on any atom is -0.347 e. The number of piperidine rings is 1. The average molecular weight is 396 g/mol.